The summed E-state index contributed by atoms with van der Waals surface area (Å²) in [5, 5.41) is 3.30. The van der Waals surface area contributed by atoms with Crippen LogP contribution in [-0.2, 0) is 0 Å². The molecule has 0 atom stereocenters. The van der Waals surface area contributed by atoms with Crippen LogP contribution < -0.4 is 15.8 Å². The van der Waals surface area contributed by atoms with E-state index in [-0.39, 0.29) is 6.10 Å². The van der Waals surface area contributed by atoms with Crippen LogP contribution in [0.1, 0.15) is 26.7 Å². The third-order valence-electron chi connectivity index (χ3n) is 2.04. The lowest BCUT2D eigenvalue weighted by molar-refractivity contribution is 0.241. The third kappa shape index (κ3) is 4.98. The van der Waals surface area contributed by atoms with Gasteiger partial charge in [0.2, 0.25) is 0 Å². The zero-order valence-electron chi connectivity index (χ0n) is 10.1. The van der Waals surface area contributed by atoms with Gasteiger partial charge in [0.25, 0.3) is 0 Å². The van der Waals surface area contributed by atoms with E-state index < -0.39 is 0 Å². The van der Waals surface area contributed by atoms with Gasteiger partial charge in [0, 0.05) is 12.6 Å². The number of nitrogens with one attached hydrogen (secondary N) is 1. The van der Waals surface area contributed by atoms with Crippen LogP contribution in [0, 0.1) is 0 Å². The van der Waals surface area contributed by atoms with E-state index in [1.807, 2.05) is 19.9 Å². The highest BCUT2D eigenvalue weighted by Gasteiger charge is 1.99. The topological polar surface area (TPSA) is 60.2 Å². The summed E-state index contributed by atoms with van der Waals surface area (Å²) < 4.78 is 5.56. The fourth-order valence-corrected chi connectivity index (χ4v) is 1.35. The summed E-state index contributed by atoms with van der Waals surface area (Å²) in [6, 6.07) is 1.97. The molecule has 0 amide bonds. The number of ether oxygens (including phenoxy) is 1. The third-order valence-corrected chi connectivity index (χ3v) is 2.04. The Labute approximate surface area is 97.2 Å². The molecule has 0 bridgehead atoms. The highest BCUT2D eigenvalue weighted by Crippen LogP contribution is 2.16. The molecule has 1 aromatic rings. The monoisotopic (exact) mass is 223 g/mol. The van der Waals surface area contributed by atoms with Gasteiger partial charge in [-0.25, -0.2) is 0 Å². The van der Waals surface area contributed by atoms with Gasteiger partial charge in [0.05, 0.1) is 24.2 Å². The quantitative estimate of drug-likeness (QED) is 0.694. The first kappa shape index (κ1) is 12.8. The van der Waals surface area contributed by atoms with Crippen molar-refractivity contribution in [3.8, 4) is 5.75 Å². The van der Waals surface area contributed by atoms with Gasteiger partial charge < -0.3 is 15.8 Å². The molecule has 0 aromatic carbocycles. The predicted molar refractivity (Wildman–Crippen MR) is 66.8 cm³/mol. The molecular weight excluding hydrogens is 202 g/mol. The maximum Gasteiger partial charge on any atom is 0.140 e. The molecule has 1 aromatic heterocycles. The van der Waals surface area contributed by atoms with Crippen LogP contribution in [-0.4, -0.2) is 24.2 Å². The first-order chi connectivity index (χ1) is 7.72. The Morgan fingerprint density at radius 1 is 1.38 bits per heavy atom. The fourth-order valence-electron chi connectivity index (χ4n) is 1.35. The molecule has 4 nitrogen and oxygen atoms in total. The van der Waals surface area contributed by atoms with E-state index in [9.17, 15) is 0 Å². The Hall–Kier alpha value is -1.29. The van der Waals surface area contributed by atoms with Gasteiger partial charge in [-0.1, -0.05) is 0 Å². The zero-order valence-corrected chi connectivity index (χ0v) is 10.1. The standard InChI is InChI=1S/C12H21N3O/c1-10(2)16-12-7-11(8-14-9-12)15-6-4-3-5-13/h7-10,15H,3-6,13H2,1-2H3. The van der Waals surface area contributed by atoms with E-state index in [1.165, 1.54) is 0 Å². The molecule has 0 saturated heterocycles. The molecule has 4 heteroatoms. The Morgan fingerprint density at radius 2 is 2.19 bits per heavy atom. The summed E-state index contributed by atoms with van der Waals surface area (Å²) in [6.07, 6.45) is 5.82. The molecule has 0 unspecified atom stereocenters. The maximum absolute atomic E-state index is 5.56. The van der Waals surface area contributed by atoms with Crippen molar-refractivity contribution in [1.82, 2.24) is 4.98 Å². The van der Waals surface area contributed by atoms with Crippen molar-refractivity contribution < 1.29 is 4.74 Å². The van der Waals surface area contributed by atoms with Crippen molar-refractivity contribution >= 4 is 5.69 Å². The molecule has 0 aliphatic rings. The lowest BCUT2D eigenvalue weighted by Gasteiger charge is -2.11. The van der Waals surface area contributed by atoms with Crippen molar-refractivity contribution in [3.05, 3.63) is 18.5 Å². The number of unbranched alkanes of at least 4 members (excludes halogenated alkanes) is 1. The summed E-state index contributed by atoms with van der Waals surface area (Å²) in [7, 11) is 0. The van der Waals surface area contributed by atoms with Gasteiger partial charge >= 0.3 is 0 Å². The summed E-state index contributed by atoms with van der Waals surface area (Å²) in [5.74, 6) is 0.804. The summed E-state index contributed by atoms with van der Waals surface area (Å²) in [5.41, 5.74) is 6.42. The number of aromatic nitrogens is 1. The first-order valence-electron chi connectivity index (χ1n) is 5.78. The van der Waals surface area contributed by atoms with E-state index in [0.29, 0.717) is 0 Å². The Kier molecular flexibility index (Phi) is 5.64. The minimum atomic E-state index is 0.175. The smallest absolute Gasteiger partial charge is 0.140 e. The van der Waals surface area contributed by atoms with Crippen LogP contribution in [0.4, 0.5) is 5.69 Å². The molecule has 0 radical (unpaired) electrons. The van der Waals surface area contributed by atoms with Crippen LogP contribution in [0.2, 0.25) is 0 Å². The number of pyridine rings is 1. The van der Waals surface area contributed by atoms with E-state index in [0.717, 1.165) is 37.4 Å². The van der Waals surface area contributed by atoms with E-state index in [1.54, 1.807) is 12.4 Å². The summed E-state index contributed by atoms with van der Waals surface area (Å²) >= 11 is 0. The Balaban J connectivity index is 2.41. The maximum atomic E-state index is 5.56. The molecule has 90 valence electrons. The Bertz CT molecular complexity index is 302. The van der Waals surface area contributed by atoms with Gasteiger partial charge in [-0.3, -0.25) is 4.98 Å². The van der Waals surface area contributed by atoms with Crippen molar-refractivity contribution in [3.63, 3.8) is 0 Å². The highest BCUT2D eigenvalue weighted by atomic mass is 16.5. The van der Waals surface area contributed by atoms with Gasteiger partial charge in [0.15, 0.2) is 0 Å². The number of hydrogen-bond donors (Lipinski definition) is 2. The number of anilines is 1. The van der Waals surface area contributed by atoms with Gasteiger partial charge in [-0.15, -0.1) is 0 Å². The lowest BCUT2D eigenvalue weighted by atomic mass is 10.3. The normalized spacial score (nSPS) is 10.5. The molecule has 0 aliphatic carbocycles. The molecule has 0 fully saturated rings. The summed E-state index contributed by atoms with van der Waals surface area (Å²) in [4.78, 5) is 4.12. The average molecular weight is 223 g/mol. The number of hydrogen-bond acceptors (Lipinski definition) is 4. The first-order valence-corrected chi connectivity index (χ1v) is 5.78. The average Bonchev–Trinajstić information content (AvgIpc) is 2.24. The molecule has 1 heterocycles. The number of rotatable bonds is 7. The SMILES string of the molecule is CC(C)Oc1cncc(NCCCCN)c1. The second kappa shape index (κ2) is 7.06. The van der Waals surface area contributed by atoms with Crippen molar-refractivity contribution in [2.45, 2.75) is 32.8 Å². The molecule has 0 spiro atoms. The number of nitrogens with two attached hydrogens (primary N) is 1. The molecule has 0 saturated carbocycles. The molecular formula is C12H21N3O. The highest BCUT2D eigenvalue weighted by molar-refractivity contribution is 5.45. The minimum Gasteiger partial charge on any atom is -0.489 e. The predicted octanol–water partition coefficient (Wildman–Crippen LogP) is 2.02. The molecule has 1 rings (SSSR count). The fraction of sp³-hybridized carbons (Fsp3) is 0.583. The summed E-state index contributed by atoms with van der Waals surface area (Å²) in [6.45, 7) is 5.67. The largest absolute Gasteiger partial charge is 0.489 e. The molecule has 3 N–H and O–H groups in total. The Morgan fingerprint density at radius 3 is 2.88 bits per heavy atom. The van der Waals surface area contributed by atoms with Gasteiger partial charge in [-0.05, 0) is 33.2 Å². The van der Waals surface area contributed by atoms with Crippen LogP contribution >= 0.6 is 0 Å². The second-order valence-electron chi connectivity index (χ2n) is 4.00. The van der Waals surface area contributed by atoms with E-state index in [4.69, 9.17) is 10.5 Å². The number of nitrogens with zero attached hydrogens (tertiary/aromatic N) is 1. The zero-order chi connectivity index (χ0) is 11.8. The van der Waals surface area contributed by atoms with Crippen molar-refractivity contribution in [1.29, 1.82) is 0 Å². The lowest BCUT2D eigenvalue weighted by Crippen LogP contribution is -2.08. The van der Waals surface area contributed by atoms with Crippen LogP contribution in [0.3, 0.4) is 0 Å². The van der Waals surface area contributed by atoms with Crippen LogP contribution in [0.5, 0.6) is 5.75 Å². The van der Waals surface area contributed by atoms with Crippen molar-refractivity contribution in [2.24, 2.45) is 5.73 Å². The molecule has 0 aliphatic heterocycles. The van der Waals surface area contributed by atoms with E-state index in [2.05, 4.69) is 10.3 Å². The van der Waals surface area contributed by atoms with Crippen LogP contribution in [0.25, 0.3) is 0 Å². The van der Waals surface area contributed by atoms with E-state index >= 15 is 0 Å². The molecule has 16 heavy (non-hydrogen) atoms. The minimum absolute atomic E-state index is 0.175. The van der Waals surface area contributed by atoms with Gasteiger partial charge in [-0.2, -0.15) is 0 Å². The second-order valence-corrected chi connectivity index (χ2v) is 4.00. The van der Waals surface area contributed by atoms with Gasteiger partial charge in [0.1, 0.15) is 5.75 Å². The van der Waals surface area contributed by atoms with Crippen molar-refractivity contribution in [2.75, 3.05) is 18.4 Å². The van der Waals surface area contributed by atoms with Crippen LogP contribution in [0.15, 0.2) is 18.5 Å².